The van der Waals surface area contributed by atoms with E-state index in [0.29, 0.717) is 12.1 Å². The topological polar surface area (TPSA) is 58.1 Å². The van der Waals surface area contributed by atoms with Crippen LogP contribution in [-0.4, -0.2) is 29.2 Å². The fraction of sp³-hybridized carbons (Fsp3) is 0.261. The van der Waals surface area contributed by atoms with Crippen molar-refractivity contribution in [3.8, 4) is 11.3 Å². The van der Waals surface area contributed by atoms with Gasteiger partial charge in [0.25, 0.3) is 0 Å². The molecule has 1 amide bonds. The number of piperidine rings is 1. The molecule has 1 saturated heterocycles. The maximum Gasteiger partial charge on any atom is 0.225 e. The largest absolute Gasteiger partial charge is 0.354 e. The maximum absolute atomic E-state index is 13.7. The van der Waals surface area contributed by atoms with Gasteiger partial charge in [0.1, 0.15) is 5.82 Å². The first-order chi connectivity index (χ1) is 14.2. The van der Waals surface area contributed by atoms with Crippen LogP contribution >= 0.6 is 0 Å². The highest BCUT2D eigenvalue weighted by Crippen LogP contribution is 2.23. The summed E-state index contributed by atoms with van der Waals surface area (Å²) in [5.41, 5.74) is 2.34. The number of carbonyl (C=O) groups excluding carboxylic acids is 1. The molecular formula is C23H23FN4O. The number of amides is 1. The van der Waals surface area contributed by atoms with Gasteiger partial charge in [-0.15, -0.1) is 10.2 Å². The predicted molar refractivity (Wildman–Crippen MR) is 111 cm³/mol. The van der Waals surface area contributed by atoms with Gasteiger partial charge in [0.05, 0.1) is 11.6 Å². The zero-order chi connectivity index (χ0) is 20.1. The molecule has 0 unspecified atom stereocenters. The number of benzene rings is 2. The van der Waals surface area contributed by atoms with Crippen molar-refractivity contribution in [1.29, 1.82) is 0 Å². The average Bonchev–Trinajstić information content (AvgIpc) is 2.79. The van der Waals surface area contributed by atoms with E-state index in [1.54, 1.807) is 18.2 Å². The lowest BCUT2D eigenvalue weighted by molar-refractivity contribution is -0.125. The van der Waals surface area contributed by atoms with E-state index in [1.807, 2.05) is 42.5 Å². The van der Waals surface area contributed by atoms with E-state index in [-0.39, 0.29) is 24.2 Å². The van der Waals surface area contributed by atoms with Crippen molar-refractivity contribution in [2.75, 3.05) is 18.0 Å². The van der Waals surface area contributed by atoms with Gasteiger partial charge < -0.3 is 10.2 Å². The summed E-state index contributed by atoms with van der Waals surface area (Å²) >= 11 is 0. The van der Waals surface area contributed by atoms with Gasteiger partial charge in [0, 0.05) is 30.8 Å². The monoisotopic (exact) mass is 390 g/mol. The summed E-state index contributed by atoms with van der Waals surface area (Å²) in [5.74, 6) is 0.279. The van der Waals surface area contributed by atoms with Crippen molar-refractivity contribution in [1.82, 2.24) is 15.5 Å². The van der Waals surface area contributed by atoms with Crippen LogP contribution in [0.15, 0.2) is 66.7 Å². The Morgan fingerprint density at radius 3 is 2.59 bits per heavy atom. The van der Waals surface area contributed by atoms with E-state index < -0.39 is 0 Å². The van der Waals surface area contributed by atoms with Gasteiger partial charge in [0.15, 0.2) is 5.82 Å². The SMILES string of the molecule is O=C(NCc1ccccc1F)[C@@H]1CCCN(c2ccc(-c3ccccc3)nn2)C1. The molecule has 5 nitrogen and oxygen atoms in total. The predicted octanol–water partition coefficient (Wildman–Crippen LogP) is 3.82. The number of nitrogens with zero attached hydrogens (tertiary/aromatic N) is 3. The number of rotatable bonds is 5. The second kappa shape index (κ2) is 8.82. The Morgan fingerprint density at radius 2 is 1.83 bits per heavy atom. The van der Waals surface area contributed by atoms with Crippen LogP contribution in [0.1, 0.15) is 18.4 Å². The van der Waals surface area contributed by atoms with Crippen molar-refractivity contribution in [2.45, 2.75) is 19.4 Å². The van der Waals surface area contributed by atoms with Crippen molar-refractivity contribution >= 4 is 11.7 Å². The Hall–Kier alpha value is -3.28. The smallest absolute Gasteiger partial charge is 0.225 e. The summed E-state index contributed by atoms with van der Waals surface area (Å²) in [4.78, 5) is 14.7. The van der Waals surface area contributed by atoms with Gasteiger partial charge >= 0.3 is 0 Å². The van der Waals surface area contributed by atoms with Crippen LogP contribution < -0.4 is 10.2 Å². The second-order valence-electron chi connectivity index (χ2n) is 7.24. The maximum atomic E-state index is 13.7. The Morgan fingerprint density at radius 1 is 1.03 bits per heavy atom. The summed E-state index contributed by atoms with van der Waals surface area (Å²) in [6.45, 7) is 1.63. The van der Waals surface area contributed by atoms with Crippen LogP contribution in [0.25, 0.3) is 11.3 Å². The molecule has 0 bridgehead atoms. The molecule has 0 aliphatic carbocycles. The lowest BCUT2D eigenvalue weighted by atomic mass is 9.97. The van der Waals surface area contributed by atoms with Crippen LogP contribution in [0, 0.1) is 11.7 Å². The third-order valence-corrected chi connectivity index (χ3v) is 5.25. The molecule has 29 heavy (non-hydrogen) atoms. The molecule has 2 heterocycles. The first-order valence-corrected chi connectivity index (χ1v) is 9.86. The summed E-state index contributed by atoms with van der Waals surface area (Å²) < 4.78 is 13.7. The lowest BCUT2D eigenvalue weighted by Crippen LogP contribution is -2.43. The molecule has 6 heteroatoms. The third kappa shape index (κ3) is 4.59. The fourth-order valence-corrected chi connectivity index (χ4v) is 3.62. The van der Waals surface area contributed by atoms with E-state index in [1.165, 1.54) is 6.07 Å². The molecule has 1 fully saturated rings. The van der Waals surface area contributed by atoms with E-state index in [4.69, 9.17) is 0 Å². The third-order valence-electron chi connectivity index (χ3n) is 5.25. The number of carbonyl (C=O) groups is 1. The van der Waals surface area contributed by atoms with E-state index in [0.717, 1.165) is 36.5 Å². The minimum Gasteiger partial charge on any atom is -0.354 e. The number of hydrogen-bond donors (Lipinski definition) is 1. The Bertz CT molecular complexity index is 962. The van der Waals surface area contributed by atoms with Crippen LogP contribution in [0.2, 0.25) is 0 Å². The van der Waals surface area contributed by atoms with Crippen molar-refractivity contribution in [2.24, 2.45) is 5.92 Å². The highest BCUT2D eigenvalue weighted by Gasteiger charge is 2.26. The van der Waals surface area contributed by atoms with E-state index in [2.05, 4.69) is 20.4 Å². The van der Waals surface area contributed by atoms with Gasteiger partial charge in [-0.05, 0) is 31.0 Å². The minimum atomic E-state index is -0.299. The normalized spacial score (nSPS) is 16.4. The molecule has 3 aromatic rings. The minimum absolute atomic E-state index is 0.0492. The summed E-state index contributed by atoms with van der Waals surface area (Å²) in [5, 5.41) is 11.6. The fourth-order valence-electron chi connectivity index (χ4n) is 3.62. The van der Waals surface area contributed by atoms with Gasteiger partial charge in [-0.1, -0.05) is 48.5 Å². The number of aromatic nitrogens is 2. The average molecular weight is 390 g/mol. The second-order valence-corrected chi connectivity index (χ2v) is 7.24. The first kappa shape index (κ1) is 19.1. The van der Waals surface area contributed by atoms with Crippen molar-refractivity contribution in [3.05, 3.63) is 78.1 Å². The van der Waals surface area contributed by atoms with Gasteiger partial charge in [0.2, 0.25) is 5.91 Å². The van der Waals surface area contributed by atoms with E-state index >= 15 is 0 Å². The summed E-state index contributed by atoms with van der Waals surface area (Å²) in [6, 6.07) is 20.3. The van der Waals surface area contributed by atoms with Crippen LogP contribution in [0.4, 0.5) is 10.2 Å². The molecule has 0 saturated carbocycles. The molecule has 0 radical (unpaired) electrons. The first-order valence-electron chi connectivity index (χ1n) is 9.86. The highest BCUT2D eigenvalue weighted by atomic mass is 19.1. The molecule has 0 spiro atoms. The Balaban J connectivity index is 1.38. The molecule has 1 aliphatic heterocycles. The van der Waals surface area contributed by atoms with Crippen molar-refractivity contribution < 1.29 is 9.18 Å². The zero-order valence-corrected chi connectivity index (χ0v) is 16.1. The Kier molecular flexibility index (Phi) is 5.79. The molecule has 2 aromatic carbocycles. The van der Waals surface area contributed by atoms with Crippen molar-refractivity contribution in [3.63, 3.8) is 0 Å². The quantitative estimate of drug-likeness (QED) is 0.720. The molecule has 1 N–H and O–H groups in total. The summed E-state index contributed by atoms with van der Waals surface area (Å²) in [7, 11) is 0. The van der Waals surface area contributed by atoms with E-state index in [9.17, 15) is 9.18 Å². The number of nitrogens with one attached hydrogen (secondary N) is 1. The molecule has 1 atom stereocenters. The highest BCUT2D eigenvalue weighted by molar-refractivity contribution is 5.79. The number of hydrogen-bond acceptors (Lipinski definition) is 4. The standard InChI is InChI=1S/C23H23FN4O/c24-20-11-5-4-9-18(20)15-25-23(29)19-10-6-14-28(16-19)22-13-12-21(26-27-22)17-7-2-1-3-8-17/h1-5,7-9,11-13,19H,6,10,14-16H2,(H,25,29)/t19-/m1/s1. The molecule has 148 valence electrons. The Labute approximate surface area is 169 Å². The molecule has 4 rings (SSSR count). The summed E-state index contributed by atoms with van der Waals surface area (Å²) in [6.07, 6.45) is 1.72. The number of anilines is 1. The van der Waals surface area contributed by atoms with Crippen LogP contribution in [0.3, 0.4) is 0 Å². The van der Waals surface area contributed by atoms with Gasteiger partial charge in [-0.2, -0.15) is 0 Å². The molecule has 1 aliphatic rings. The molecular weight excluding hydrogens is 367 g/mol. The lowest BCUT2D eigenvalue weighted by Gasteiger charge is -2.32. The molecule has 1 aromatic heterocycles. The van der Waals surface area contributed by atoms with Crippen LogP contribution in [-0.2, 0) is 11.3 Å². The number of halogens is 1. The zero-order valence-electron chi connectivity index (χ0n) is 16.1. The van der Waals surface area contributed by atoms with Crippen LogP contribution in [0.5, 0.6) is 0 Å². The van der Waals surface area contributed by atoms with Gasteiger partial charge in [-0.3, -0.25) is 4.79 Å². The van der Waals surface area contributed by atoms with Gasteiger partial charge in [-0.25, -0.2) is 4.39 Å².